The van der Waals surface area contributed by atoms with E-state index in [-0.39, 0.29) is 37.5 Å². The lowest BCUT2D eigenvalue weighted by Gasteiger charge is -2.18. The van der Waals surface area contributed by atoms with Gasteiger partial charge in [0.25, 0.3) is 0 Å². The average Bonchev–Trinajstić information content (AvgIpc) is 3.42. The minimum atomic E-state index is -0.798. The van der Waals surface area contributed by atoms with Crippen LogP contribution in [-0.2, 0) is 28.6 Å². The first kappa shape index (κ1) is 71.5. The molecule has 0 bridgehead atoms. The van der Waals surface area contributed by atoms with Crippen molar-refractivity contribution in [3.63, 3.8) is 0 Å². The first-order chi connectivity index (χ1) is 37.5. The Morgan fingerprint density at radius 3 is 0.816 bits per heavy atom. The van der Waals surface area contributed by atoms with E-state index in [1.54, 1.807) is 0 Å². The normalized spacial score (nSPS) is 13.0. The fourth-order valence-electron chi connectivity index (χ4n) is 8.30. The zero-order chi connectivity index (χ0) is 55.0. The van der Waals surface area contributed by atoms with E-state index in [0.717, 1.165) is 135 Å². The van der Waals surface area contributed by atoms with Crippen LogP contribution in [0.2, 0.25) is 0 Å². The van der Waals surface area contributed by atoms with E-state index in [2.05, 4.69) is 154 Å². The van der Waals surface area contributed by atoms with Crippen molar-refractivity contribution in [2.24, 2.45) is 0 Å². The number of hydrogen-bond donors (Lipinski definition) is 0. The van der Waals surface area contributed by atoms with E-state index in [0.29, 0.717) is 12.8 Å². The van der Waals surface area contributed by atoms with Crippen molar-refractivity contribution in [1.82, 2.24) is 0 Å². The molecule has 0 aliphatic carbocycles. The summed E-state index contributed by atoms with van der Waals surface area (Å²) in [6.45, 7) is 6.35. The van der Waals surface area contributed by atoms with E-state index in [9.17, 15) is 14.4 Å². The molecule has 0 aromatic heterocycles. The van der Waals surface area contributed by atoms with Gasteiger partial charge in [0, 0.05) is 19.3 Å². The molecular formula is C70H114O6. The van der Waals surface area contributed by atoms with Crippen LogP contribution in [-0.4, -0.2) is 37.2 Å². The Balaban J connectivity index is 4.21. The maximum Gasteiger partial charge on any atom is 0.306 e. The molecule has 0 aliphatic heterocycles. The van der Waals surface area contributed by atoms with Crippen LogP contribution >= 0.6 is 0 Å². The number of carbonyl (C=O) groups is 3. The van der Waals surface area contributed by atoms with E-state index < -0.39 is 6.10 Å². The van der Waals surface area contributed by atoms with Gasteiger partial charge in [-0.15, -0.1) is 0 Å². The summed E-state index contributed by atoms with van der Waals surface area (Å²) in [5.74, 6) is -0.932. The first-order valence-electron chi connectivity index (χ1n) is 31.2. The molecule has 0 N–H and O–H groups in total. The zero-order valence-corrected chi connectivity index (χ0v) is 49.2. The maximum atomic E-state index is 12.8. The summed E-state index contributed by atoms with van der Waals surface area (Å²) in [5.41, 5.74) is 0. The highest BCUT2D eigenvalue weighted by molar-refractivity contribution is 5.71. The Labute approximate surface area is 468 Å². The highest BCUT2D eigenvalue weighted by atomic mass is 16.6. The van der Waals surface area contributed by atoms with E-state index in [1.807, 2.05) is 0 Å². The van der Waals surface area contributed by atoms with Crippen LogP contribution < -0.4 is 0 Å². The predicted octanol–water partition coefficient (Wildman–Crippen LogP) is 21.4. The Kier molecular flexibility index (Phi) is 59.4. The van der Waals surface area contributed by atoms with E-state index >= 15 is 0 Å². The van der Waals surface area contributed by atoms with Crippen LogP contribution in [0.1, 0.15) is 271 Å². The van der Waals surface area contributed by atoms with Crippen molar-refractivity contribution in [3.05, 3.63) is 134 Å². The molecule has 430 valence electrons. The predicted molar refractivity (Wildman–Crippen MR) is 329 cm³/mol. The van der Waals surface area contributed by atoms with Crippen LogP contribution in [0, 0.1) is 0 Å². The summed E-state index contributed by atoms with van der Waals surface area (Å²) in [7, 11) is 0. The van der Waals surface area contributed by atoms with Gasteiger partial charge in [-0.1, -0.05) is 270 Å². The standard InChI is InChI=1S/C70H114O6/c1-4-7-10-13-16-19-21-23-25-27-29-30-31-32-33-34-35-36-37-38-39-40-42-43-45-47-49-51-54-57-60-63-69(72)75-66-67(65-74-68(71)62-59-56-53-18-15-12-9-6-3)76-70(73)64-61-58-55-52-50-48-46-44-41-28-26-24-22-20-17-14-11-8-5-2/h7-8,10-11,16-17,19-20,23-26,29-30,32-33,35-36,41,44,48,50,67H,4-6,9,12-15,18,21-22,27-28,31,34,37-40,42-43,45-47,49,51-66H2,1-3H3/b10-7-,11-8-,19-16-,20-17-,25-23-,26-24-,30-29-,33-32-,36-35-,44-41-,50-48-. The molecule has 6 heteroatoms. The SMILES string of the molecule is CC/C=C\C/C=C\C/C=C\C/C=C\C/C=C\C/C=C\CCCCCCCCCCCCCCC(=O)OCC(COC(=O)CCCCCCCCCC)OC(=O)CCCCC/C=C\C/C=C\C/C=C\C/C=C\C/C=C\CC. The van der Waals surface area contributed by atoms with Gasteiger partial charge >= 0.3 is 17.9 Å². The summed E-state index contributed by atoms with van der Waals surface area (Å²) in [4.78, 5) is 38.1. The fraction of sp³-hybridized carbons (Fsp3) is 0.643. The van der Waals surface area contributed by atoms with Crippen molar-refractivity contribution in [1.29, 1.82) is 0 Å². The maximum absolute atomic E-state index is 12.8. The number of unbranched alkanes of at least 4 members (excludes halogenated alkanes) is 22. The third kappa shape index (κ3) is 60.4. The van der Waals surface area contributed by atoms with E-state index in [4.69, 9.17) is 14.2 Å². The fourth-order valence-corrected chi connectivity index (χ4v) is 8.30. The molecular weight excluding hydrogens is 937 g/mol. The lowest BCUT2D eigenvalue weighted by atomic mass is 10.0. The quantitative estimate of drug-likeness (QED) is 0.0261. The van der Waals surface area contributed by atoms with Gasteiger partial charge in [0.05, 0.1) is 0 Å². The Morgan fingerprint density at radius 1 is 0.276 bits per heavy atom. The summed E-state index contributed by atoms with van der Waals surface area (Å²) in [6.07, 6.45) is 89.0. The topological polar surface area (TPSA) is 78.9 Å². The van der Waals surface area contributed by atoms with E-state index in [1.165, 1.54) is 96.3 Å². The van der Waals surface area contributed by atoms with Crippen molar-refractivity contribution in [2.75, 3.05) is 13.2 Å². The highest BCUT2D eigenvalue weighted by Crippen LogP contribution is 2.15. The molecule has 0 saturated heterocycles. The molecule has 1 unspecified atom stereocenters. The summed E-state index contributed by atoms with van der Waals surface area (Å²) in [5, 5.41) is 0. The number of ether oxygens (including phenoxy) is 3. The van der Waals surface area contributed by atoms with Gasteiger partial charge in [-0.05, 0) is 116 Å². The van der Waals surface area contributed by atoms with Crippen LogP contribution in [0.5, 0.6) is 0 Å². The van der Waals surface area contributed by atoms with Crippen LogP contribution in [0.25, 0.3) is 0 Å². The first-order valence-corrected chi connectivity index (χ1v) is 31.2. The molecule has 6 nitrogen and oxygen atoms in total. The smallest absolute Gasteiger partial charge is 0.306 e. The number of allylic oxidation sites excluding steroid dienone is 22. The molecule has 0 fully saturated rings. The summed E-state index contributed by atoms with van der Waals surface area (Å²) < 4.78 is 16.8. The van der Waals surface area contributed by atoms with Gasteiger partial charge in [-0.25, -0.2) is 0 Å². The average molecular weight is 1050 g/mol. The van der Waals surface area contributed by atoms with Crippen molar-refractivity contribution in [2.45, 2.75) is 277 Å². The second-order valence-electron chi connectivity index (χ2n) is 20.2. The minimum Gasteiger partial charge on any atom is -0.462 e. The number of rotatable bonds is 55. The molecule has 0 aliphatic rings. The van der Waals surface area contributed by atoms with Crippen molar-refractivity contribution < 1.29 is 28.6 Å². The minimum absolute atomic E-state index is 0.0932. The van der Waals surface area contributed by atoms with Crippen LogP contribution in [0.3, 0.4) is 0 Å². The van der Waals surface area contributed by atoms with Gasteiger partial charge in [-0.2, -0.15) is 0 Å². The molecule has 0 radical (unpaired) electrons. The van der Waals surface area contributed by atoms with Gasteiger partial charge < -0.3 is 14.2 Å². The second kappa shape index (κ2) is 63.1. The second-order valence-corrected chi connectivity index (χ2v) is 20.2. The Morgan fingerprint density at radius 2 is 0.513 bits per heavy atom. The molecule has 1 atom stereocenters. The highest BCUT2D eigenvalue weighted by Gasteiger charge is 2.19. The molecule has 0 aromatic carbocycles. The summed E-state index contributed by atoms with van der Waals surface area (Å²) >= 11 is 0. The summed E-state index contributed by atoms with van der Waals surface area (Å²) in [6, 6.07) is 0. The molecule has 0 amide bonds. The van der Waals surface area contributed by atoms with Crippen LogP contribution in [0.15, 0.2) is 134 Å². The largest absolute Gasteiger partial charge is 0.462 e. The van der Waals surface area contributed by atoms with Crippen LogP contribution in [0.4, 0.5) is 0 Å². The number of carbonyl (C=O) groups excluding carboxylic acids is 3. The lowest BCUT2D eigenvalue weighted by molar-refractivity contribution is -0.167. The lowest BCUT2D eigenvalue weighted by Crippen LogP contribution is -2.30. The van der Waals surface area contributed by atoms with Gasteiger partial charge in [0.15, 0.2) is 6.10 Å². The molecule has 0 heterocycles. The zero-order valence-electron chi connectivity index (χ0n) is 49.2. The van der Waals surface area contributed by atoms with Crippen molar-refractivity contribution >= 4 is 17.9 Å². The Hall–Kier alpha value is -4.45. The van der Waals surface area contributed by atoms with Gasteiger partial charge in [0.1, 0.15) is 13.2 Å². The molecule has 0 saturated carbocycles. The number of hydrogen-bond acceptors (Lipinski definition) is 6. The molecule has 76 heavy (non-hydrogen) atoms. The molecule has 0 rings (SSSR count). The van der Waals surface area contributed by atoms with Gasteiger partial charge in [0.2, 0.25) is 0 Å². The molecule has 0 spiro atoms. The monoisotopic (exact) mass is 1050 g/mol. The Bertz CT molecular complexity index is 1630. The number of esters is 3. The van der Waals surface area contributed by atoms with Gasteiger partial charge in [-0.3, -0.25) is 14.4 Å². The third-order valence-electron chi connectivity index (χ3n) is 12.9. The third-order valence-corrected chi connectivity index (χ3v) is 12.9. The molecule has 0 aromatic rings. The van der Waals surface area contributed by atoms with Crippen molar-refractivity contribution in [3.8, 4) is 0 Å².